The molecule has 140 valence electrons. The highest BCUT2D eigenvalue weighted by molar-refractivity contribution is 5.76. The Morgan fingerprint density at radius 2 is 1.70 bits per heavy atom. The fraction of sp³-hybridized carbons (Fsp3) is 0.273. The van der Waals surface area contributed by atoms with Crippen molar-refractivity contribution in [3.8, 4) is 5.75 Å². The molecule has 1 aromatic heterocycles. The highest BCUT2D eigenvalue weighted by Crippen LogP contribution is 2.15. The van der Waals surface area contributed by atoms with E-state index >= 15 is 0 Å². The Balaban J connectivity index is 1.51. The monoisotopic (exact) mass is 363 g/mol. The van der Waals surface area contributed by atoms with Gasteiger partial charge in [-0.15, -0.1) is 0 Å². The van der Waals surface area contributed by atoms with Gasteiger partial charge in [0.2, 0.25) is 5.91 Å². The predicted octanol–water partition coefficient (Wildman–Crippen LogP) is 3.63. The molecule has 0 unspecified atom stereocenters. The van der Waals surface area contributed by atoms with Crippen LogP contribution in [0.25, 0.3) is 0 Å². The van der Waals surface area contributed by atoms with Crippen LogP contribution >= 0.6 is 0 Å². The molecular weight excluding hydrogens is 338 g/mol. The number of carbonyl (C=O) groups is 1. The van der Waals surface area contributed by atoms with Crippen LogP contribution in [0.3, 0.4) is 0 Å². The molecule has 2 aromatic carbocycles. The summed E-state index contributed by atoms with van der Waals surface area (Å²) in [6, 6.07) is 19.8. The van der Waals surface area contributed by atoms with Crippen LogP contribution in [0.1, 0.15) is 28.9 Å². The zero-order valence-corrected chi connectivity index (χ0v) is 15.8. The second-order valence-electron chi connectivity index (χ2n) is 6.48. The lowest BCUT2D eigenvalue weighted by Crippen LogP contribution is -2.25. The van der Waals surface area contributed by atoms with Crippen molar-refractivity contribution in [3.63, 3.8) is 0 Å². The van der Waals surface area contributed by atoms with Crippen molar-refractivity contribution in [2.75, 3.05) is 6.61 Å². The van der Waals surface area contributed by atoms with Crippen molar-refractivity contribution < 1.29 is 9.53 Å². The van der Waals surface area contributed by atoms with Gasteiger partial charge in [0.15, 0.2) is 0 Å². The van der Waals surface area contributed by atoms with Gasteiger partial charge in [-0.3, -0.25) is 9.48 Å². The van der Waals surface area contributed by atoms with E-state index in [1.54, 1.807) is 0 Å². The van der Waals surface area contributed by atoms with Crippen molar-refractivity contribution in [3.05, 3.63) is 83.2 Å². The minimum Gasteiger partial charge on any atom is -0.493 e. The molecule has 0 saturated heterocycles. The predicted molar refractivity (Wildman–Crippen MR) is 106 cm³/mol. The lowest BCUT2D eigenvalue weighted by atomic mass is 10.2. The van der Waals surface area contributed by atoms with Crippen molar-refractivity contribution in [1.29, 1.82) is 0 Å². The number of nitrogens with one attached hydrogen (secondary N) is 1. The van der Waals surface area contributed by atoms with Gasteiger partial charge in [0, 0.05) is 17.8 Å². The van der Waals surface area contributed by atoms with Crippen LogP contribution in [0.5, 0.6) is 5.75 Å². The standard InChI is InChI=1S/C22H25N3O2/c1-17-21(18(2)25(24-17)16-19-9-5-3-6-10-19)15-23-22(26)13-14-27-20-11-7-4-8-12-20/h3-12H,13-16H2,1-2H3,(H,23,26). The largest absolute Gasteiger partial charge is 0.493 e. The number of aromatic nitrogens is 2. The van der Waals surface area contributed by atoms with Crippen LogP contribution in [0.15, 0.2) is 60.7 Å². The van der Waals surface area contributed by atoms with Crippen LogP contribution in [-0.2, 0) is 17.9 Å². The van der Waals surface area contributed by atoms with E-state index < -0.39 is 0 Å². The van der Waals surface area contributed by atoms with E-state index in [0.717, 1.165) is 29.2 Å². The van der Waals surface area contributed by atoms with E-state index in [9.17, 15) is 4.79 Å². The maximum atomic E-state index is 12.1. The summed E-state index contributed by atoms with van der Waals surface area (Å²) in [4.78, 5) is 12.1. The first-order chi connectivity index (χ1) is 13.1. The number of nitrogens with zero attached hydrogens (tertiary/aromatic N) is 2. The summed E-state index contributed by atoms with van der Waals surface area (Å²) < 4.78 is 7.56. The number of hydrogen-bond acceptors (Lipinski definition) is 3. The second kappa shape index (κ2) is 9.03. The third-order valence-corrected chi connectivity index (χ3v) is 4.51. The number of amides is 1. The Kier molecular flexibility index (Phi) is 6.26. The summed E-state index contributed by atoms with van der Waals surface area (Å²) in [5.74, 6) is 0.750. The van der Waals surface area contributed by atoms with Crippen LogP contribution in [0.4, 0.5) is 0 Å². The molecule has 0 aliphatic rings. The zero-order valence-electron chi connectivity index (χ0n) is 15.8. The molecule has 27 heavy (non-hydrogen) atoms. The maximum Gasteiger partial charge on any atom is 0.223 e. The highest BCUT2D eigenvalue weighted by atomic mass is 16.5. The molecule has 0 spiro atoms. The second-order valence-corrected chi connectivity index (χ2v) is 6.48. The molecule has 1 N–H and O–H groups in total. The minimum absolute atomic E-state index is 0.0273. The van der Waals surface area contributed by atoms with Crippen LogP contribution in [-0.4, -0.2) is 22.3 Å². The van der Waals surface area contributed by atoms with Gasteiger partial charge < -0.3 is 10.1 Å². The molecule has 0 aliphatic carbocycles. The first-order valence-corrected chi connectivity index (χ1v) is 9.15. The first kappa shape index (κ1) is 18.7. The van der Waals surface area contributed by atoms with Gasteiger partial charge in [0.05, 0.1) is 25.3 Å². The molecule has 1 amide bonds. The molecule has 0 atom stereocenters. The molecule has 0 bridgehead atoms. The Morgan fingerprint density at radius 3 is 2.41 bits per heavy atom. The van der Waals surface area contributed by atoms with Crippen LogP contribution < -0.4 is 10.1 Å². The van der Waals surface area contributed by atoms with E-state index in [4.69, 9.17) is 4.74 Å². The van der Waals surface area contributed by atoms with Gasteiger partial charge in [0.1, 0.15) is 5.75 Å². The molecule has 0 saturated carbocycles. The Hall–Kier alpha value is -3.08. The molecular formula is C22H25N3O2. The van der Waals surface area contributed by atoms with Gasteiger partial charge in [-0.25, -0.2) is 0 Å². The van der Waals surface area contributed by atoms with Crippen molar-refractivity contribution >= 4 is 5.91 Å². The van der Waals surface area contributed by atoms with Crippen molar-refractivity contribution in [1.82, 2.24) is 15.1 Å². The highest BCUT2D eigenvalue weighted by Gasteiger charge is 2.13. The van der Waals surface area contributed by atoms with Gasteiger partial charge in [0.25, 0.3) is 0 Å². The molecule has 0 fully saturated rings. The normalized spacial score (nSPS) is 10.6. The summed E-state index contributed by atoms with van der Waals surface area (Å²) in [6.45, 7) is 5.60. The Morgan fingerprint density at radius 1 is 1.04 bits per heavy atom. The SMILES string of the molecule is Cc1nn(Cc2ccccc2)c(C)c1CNC(=O)CCOc1ccccc1. The van der Waals surface area contributed by atoms with Crippen molar-refractivity contribution in [2.24, 2.45) is 0 Å². The third-order valence-electron chi connectivity index (χ3n) is 4.51. The fourth-order valence-electron chi connectivity index (χ4n) is 2.95. The fourth-order valence-corrected chi connectivity index (χ4v) is 2.95. The summed E-state index contributed by atoms with van der Waals surface area (Å²) in [5, 5.41) is 7.60. The number of ether oxygens (including phenoxy) is 1. The van der Waals surface area contributed by atoms with E-state index in [1.165, 1.54) is 5.56 Å². The lowest BCUT2D eigenvalue weighted by molar-refractivity contribution is -0.121. The van der Waals surface area contributed by atoms with Gasteiger partial charge in [-0.2, -0.15) is 5.10 Å². The third kappa shape index (κ3) is 5.20. The van der Waals surface area contributed by atoms with Gasteiger partial charge in [-0.05, 0) is 31.5 Å². The van der Waals surface area contributed by atoms with E-state index in [2.05, 4.69) is 22.5 Å². The quantitative estimate of drug-likeness (QED) is 0.665. The Labute approximate surface area is 160 Å². The molecule has 1 heterocycles. The summed E-state index contributed by atoms with van der Waals surface area (Å²) in [7, 11) is 0. The van der Waals surface area contributed by atoms with E-state index in [0.29, 0.717) is 19.6 Å². The number of hydrogen-bond donors (Lipinski definition) is 1. The molecule has 3 aromatic rings. The molecule has 5 heteroatoms. The molecule has 5 nitrogen and oxygen atoms in total. The molecule has 0 radical (unpaired) electrons. The smallest absolute Gasteiger partial charge is 0.223 e. The molecule has 0 aliphatic heterocycles. The number of carbonyl (C=O) groups excluding carboxylic acids is 1. The average molecular weight is 363 g/mol. The van der Waals surface area contributed by atoms with Gasteiger partial charge >= 0.3 is 0 Å². The maximum absolute atomic E-state index is 12.1. The minimum atomic E-state index is -0.0273. The number of aryl methyl sites for hydroxylation is 1. The molecule has 3 rings (SSSR count). The lowest BCUT2D eigenvalue weighted by Gasteiger charge is -2.08. The topological polar surface area (TPSA) is 56.2 Å². The summed E-state index contributed by atoms with van der Waals surface area (Å²) in [5.41, 5.74) is 4.31. The van der Waals surface area contributed by atoms with Crippen LogP contribution in [0, 0.1) is 13.8 Å². The summed E-state index contributed by atoms with van der Waals surface area (Å²) in [6.07, 6.45) is 0.325. The zero-order chi connectivity index (χ0) is 19.1. The van der Waals surface area contributed by atoms with Crippen LogP contribution in [0.2, 0.25) is 0 Å². The van der Waals surface area contributed by atoms with Crippen molar-refractivity contribution in [2.45, 2.75) is 33.4 Å². The number of para-hydroxylation sites is 1. The van der Waals surface area contributed by atoms with Gasteiger partial charge in [-0.1, -0.05) is 48.5 Å². The van der Waals surface area contributed by atoms with E-state index in [1.807, 2.05) is 67.1 Å². The number of benzene rings is 2. The average Bonchev–Trinajstić information content (AvgIpc) is 2.95. The number of rotatable bonds is 8. The first-order valence-electron chi connectivity index (χ1n) is 9.15. The van der Waals surface area contributed by atoms with E-state index in [-0.39, 0.29) is 5.91 Å². The Bertz CT molecular complexity index is 873. The summed E-state index contributed by atoms with van der Waals surface area (Å²) >= 11 is 0.